The van der Waals surface area contributed by atoms with Gasteiger partial charge in [0.05, 0.1) is 22.5 Å². The van der Waals surface area contributed by atoms with Gasteiger partial charge in [-0.3, -0.25) is 25.0 Å². The Morgan fingerprint density at radius 3 is 2.53 bits per heavy atom. The highest BCUT2D eigenvalue weighted by Gasteiger charge is 2.15. The zero-order valence-corrected chi connectivity index (χ0v) is 17.8. The summed E-state index contributed by atoms with van der Waals surface area (Å²) in [4.78, 5) is 33.5. The molecular formula is C24H19N5O5. The number of hydrogen-bond donors (Lipinski definition) is 1. The van der Waals surface area contributed by atoms with E-state index in [0.717, 1.165) is 22.0 Å². The molecule has 0 aliphatic heterocycles. The lowest BCUT2D eigenvalue weighted by molar-refractivity contribution is -0.385. The smallest absolute Gasteiger partial charge is 0.273 e. The second-order valence-electron chi connectivity index (χ2n) is 7.51. The van der Waals surface area contributed by atoms with Crippen LogP contribution in [0.15, 0.2) is 84.1 Å². The van der Waals surface area contributed by atoms with Gasteiger partial charge in [-0.05, 0) is 11.6 Å². The third-order valence-corrected chi connectivity index (χ3v) is 5.23. The molecule has 0 unspecified atom stereocenters. The number of non-ortho nitro benzene ring substituents is 1. The standard InChI is InChI=1S/C24H19N5O5/c30-24(13-18-7-1-3-10-22(18)29(33)34)26-25-14-19-16-27(23-11-4-2-9-21(19)23)15-17-6-5-8-20(12-17)28(31)32/h1-12,14,16H,13,15H2,(H,26,30)/b25-14+. The van der Waals surface area contributed by atoms with Gasteiger partial charge in [-0.2, -0.15) is 5.10 Å². The molecule has 0 aliphatic rings. The predicted octanol–water partition coefficient (Wildman–Crippen LogP) is 4.20. The molecule has 10 heteroatoms. The van der Waals surface area contributed by atoms with E-state index in [4.69, 9.17) is 0 Å². The number of para-hydroxylation sites is 2. The van der Waals surface area contributed by atoms with E-state index in [0.29, 0.717) is 12.1 Å². The number of nitrogens with one attached hydrogen (secondary N) is 1. The molecule has 4 aromatic rings. The lowest BCUT2D eigenvalue weighted by Crippen LogP contribution is -2.20. The Morgan fingerprint density at radius 2 is 1.74 bits per heavy atom. The fourth-order valence-electron chi connectivity index (χ4n) is 3.70. The van der Waals surface area contributed by atoms with Gasteiger partial charge in [0.15, 0.2) is 0 Å². The van der Waals surface area contributed by atoms with Gasteiger partial charge >= 0.3 is 0 Å². The van der Waals surface area contributed by atoms with Crippen LogP contribution in [0.25, 0.3) is 10.9 Å². The molecule has 1 N–H and O–H groups in total. The van der Waals surface area contributed by atoms with Crippen molar-refractivity contribution in [2.45, 2.75) is 13.0 Å². The van der Waals surface area contributed by atoms with Crippen LogP contribution in [0.3, 0.4) is 0 Å². The first-order chi connectivity index (χ1) is 16.4. The molecule has 0 aliphatic carbocycles. The maximum atomic E-state index is 12.3. The Hall–Kier alpha value is -4.86. The summed E-state index contributed by atoms with van der Waals surface area (Å²) in [5, 5.41) is 27.1. The number of carbonyl (C=O) groups excluding carboxylic acids is 1. The molecule has 1 heterocycles. The molecule has 0 radical (unpaired) electrons. The monoisotopic (exact) mass is 457 g/mol. The van der Waals surface area contributed by atoms with Crippen LogP contribution in [-0.2, 0) is 17.8 Å². The molecule has 0 bridgehead atoms. The zero-order valence-electron chi connectivity index (χ0n) is 17.8. The molecule has 0 saturated carbocycles. The first-order valence-corrected chi connectivity index (χ1v) is 10.3. The Kier molecular flexibility index (Phi) is 6.40. The van der Waals surface area contributed by atoms with Crippen molar-refractivity contribution in [3.8, 4) is 0 Å². The van der Waals surface area contributed by atoms with Gasteiger partial charge in [0, 0.05) is 53.0 Å². The highest BCUT2D eigenvalue weighted by atomic mass is 16.6. The Balaban J connectivity index is 1.52. The van der Waals surface area contributed by atoms with Crippen LogP contribution in [0.2, 0.25) is 0 Å². The van der Waals surface area contributed by atoms with E-state index in [1.807, 2.05) is 41.1 Å². The molecular weight excluding hydrogens is 438 g/mol. The third kappa shape index (κ3) is 4.96. The van der Waals surface area contributed by atoms with Crippen molar-refractivity contribution in [1.29, 1.82) is 0 Å². The maximum Gasteiger partial charge on any atom is 0.273 e. The van der Waals surface area contributed by atoms with Gasteiger partial charge in [0.25, 0.3) is 11.4 Å². The molecule has 170 valence electrons. The molecule has 0 saturated heterocycles. The number of fused-ring (bicyclic) bond motifs is 1. The minimum atomic E-state index is -0.526. The largest absolute Gasteiger partial charge is 0.342 e. The van der Waals surface area contributed by atoms with Gasteiger partial charge in [0.1, 0.15) is 0 Å². The highest BCUT2D eigenvalue weighted by Crippen LogP contribution is 2.23. The van der Waals surface area contributed by atoms with E-state index >= 15 is 0 Å². The van der Waals surface area contributed by atoms with E-state index in [1.165, 1.54) is 30.5 Å². The minimum absolute atomic E-state index is 0.0251. The third-order valence-electron chi connectivity index (χ3n) is 5.23. The van der Waals surface area contributed by atoms with Crippen molar-refractivity contribution in [1.82, 2.24) is 9.99 Å². The molecule has 0 atom stereocenters. The first kappa shape index (κ1) is 22.3. The topological polar surface area (TPSA) is 133 Å². The van der Waals surface area contributed by atoms with Crippen molar-refractivity contribution < 1.29 is 14.6 Å². The molecule has 4 rings (SSSR count). The Morgan fingerprint density at radius 1 is 0.971 bits per heavy atom. The number of nitrogens with zero attached hydrogens (tertiary/aromatic N) is 4. The quantitative estimate of drug-likeness (QED) is 0.241. The summed E-state index contributed by atoms with van der Waals surface area (Å²) in [5.74, 6) is -0.481. The van der Waals surface area contributed by atoms with Crippen molar-refractivity contribution in [2.75, 3.05) is 0 Å². The summed E-state index contributed by atoms with van der Waals surface area (Å²) < 4.78 is 1.95. The Labute approximate surface area is 193 Å². The molecule has 10 nitrogen and oxygen atoms in total. The fourth-order valence-corrected chi connectivity index (χ4v) is 3.70. The summed E-state index contributed by atoms with van der Waals surface area (Å²) in [5.41, 5.74) is 5.04. The van der Waals surface area contributed by atoms with Crippen LogP contribution in [-0.4, -0.2) is 26.5 Å². The van der Waals surface area contributed by atoms with E-state index in [9.17, 15) is 25.0 Å². The fraction of sp³-hybridized carbons (Fsp3) is 0.0833. The average Bonchev–Trinajstić information content (AvgIpc) is 3.17. The van der Waals surface area contributed by atoms with Gasteiger partial charge in [0.2, 0.25) is 5.91 Å². The predicted molar refractivity (Wildman–Crippen MR) is 127 cm³/mol. The normalized spacial score (nSPS) is 11.1. The average molecular weight is 457 g/mol. The van der Waals surface area contributed by atoms with Crippen molar-refractivity contribution >= 4 is 34.4 Å². The lowest BCUT2D eigenvalue weighted by Gasteiger charge is -2.05. The van der Waals surface area contributed by atoms with Crippen LogP contribution in [0, 0.1) is 20.2 Å². The number of carbonyl (C=O) groups is 1. The van der Waals surface area contributed by atoms with E-state index in [1.54, 1.807) is 18.2 Å². The molecule has 1 amide bonds. The van der Waals surface area contributed by atoms with Crippen LogP contribution < -0.4 is 5.43 Å². The summed E-state index contributed by atoms with van der Waals surface area (Å²) >= 11 is 0. The van der Waals surface area contributed by atoms with Crippen molar-refractivity contribution in [2.24, 2.45) is 5.10 Å². The second kappa shape index (κ2) is 9.74. The summed E-state index contributed by atoms with van der Waals surface area (Å²) in [7, 11) is 0. The highest BCUT2D eigenvalue weighted by molar-refractivity contribution is 5.99. The molecule has 0 fully saturated rings. The van der Waals surface area contributed by atoms with Crippen molar-refractivity contribution in [3.05, 3.63) is 116 Å². The Bertz CT molecular complexity index is 1430. The SMILES string of the molecule is O=C(Cc1ccccc1[N+](=O)[O-])N/N=C/c1cn(Cc2cccc([N+](=O)[O-])c2)c2ccccc12. The molecule has 0 spiro atoms. The van der Waals surface area contributed by atoms with Crippen molar-refractivity contribution in [3.63, 3.8) is 0 Å². The number of aromatic nitrogens is 1. The number of amides is 1. The van der Waals surface area contributed by atoms with Gasteiger partial charge in [-0.25, -0.2) is 5.43 Å². The van der Waals surface area contributed by atoms with Crippen LogP contribution >= 0.6 is 0 Å². The number of benzene rings is 3. The van der Waals surface area contributed by atoms with Crippen LogP contribution in [0.1, 0.15) is 16.7 Å². The van der Waals surface area contributed by atoms with E-state index in [2.05, 4.69) is 10.5 Å². The maximum absolute atomic E-state index is 12.3. The lowest BCUT2D eigenvalue weighted by atomic mass is 10.1. The number of hydrogen-bond acceptors (Lipinski definition) is 6. The van der Waals surface area contributed by atoms with E-state index < -0.39 is 15.8 Å². The van der Waals surface area contributed by atoms with Crippen LogP contribution in [0.4, 0.5) is 11.4 Å². The molecule has 34 heavy (non-hydrogen) atoms. The van der Waals surface area contributed by atoms with Gasteiger partial charge in [-0.1, -0.05) is 48.5 Å². The minimum Gasteiger partial charge on any atom is -0.342 e. The van der Waals surface area contributed by atoms with Gasteiger partial charge < -0.3 is 4.57 Å². The second-order valence-corrected chi connectivity index (χ2v) is 7.51. The number of rotatable bonds is 8. The first-order valence-electron chi connectivity index (χ1n) is 10.3. The van der Waals surface area contributed by atoms with Gasteiger partial charge in [-0.15, -0.1) is 0 Å². The molecule has 1 aromatic heterocycles. The summed E-state index contributed by atoms with van der Waals surface area (Å²) in [6, 6.07) is 20.1. The molecule has 3 aromatic carbocycles. The summed E-state index contributed by atoms with van der Waals surface area (Å²) in [6.45, 7) is 0.417. The van der Waals surface area contributed by atoms with E-state index in [-0.39, 0.29) is 17.8 Å². The zero-order chi connectivity index (χ0) is 24.1. The summed E-state index contributed by atoms with van der Waals surface area (Å²) in [6.07, 6.45) is 3.17. The van der Waals surface area contributed by atoms with Crippen LogP contribution in [0.5, 0.6) is 0 Å². The number of nitro benzene ring substituents is 2. The number of hydrazone groups is 1. The number of nitro groups is 2.